The Balaban J connectivity index is 1.62. The summed E-state index contributed by atoms with van der Waals surface area (Å²) in [5.41, 5.74) is 1.52. The standard InChI is InChI=1S/C19H21ClN6O2S2/c1-4-26-15(9-16(27)22-14-7-5-13(20)6-8-14)24-25-19(26)30-12(3)17(28)23-18-21-11(2)10-29-18/h5-8,10,12H,4,9H2,1-3H3,(H,22,27)(H,21,23,28)/t12-/m1/s1. The summed E-state index contributed by atoms with van der Waals surface area (Å²) in [5.74, 6) is 0.164. The Morgan fingerprint density at radius 2 is 1.97 bits per heavy atom. The van der Waals surface area contributed by atoms with E-state index in [2.05, 4.69) is 25.8 Å². The van der Waals surface area contributed by atoms with E-state index in [4.69, 9.17) is 11.6 Å². The van der Waals surface area contributed by atoms with Gasteiger partial charge in [-0.2, -0.15) is 0 Å². The summed E-state index contributed by atoms with van der Waals surface area (Å²) in [6.07, 6.45) is 0.0724. The number of carbonyl (C=O) groups excluding carboxylic acids is 2. The van der Waals surface area contributed by atoms with Gasteiger partial charge < -0.3 is 15.2 Å². The fourth-order valence-corrected chi connectivity index (χ4v) is 4.32. The van der Waals surface area contributed by atoms with E-state index in [1.165, 1.54) is 23.1 Å². The minimum Gasteiger partial charge on any atom is -0.326 e. The third-order valence-corrected chi connectivity index (χ3v) is 6.26. The molecule has 0 bridgehead atoms. The number of amides is 2. The van der Waals surface area contributed by atoms with Crippen LogP contribution >= 0.6 is 34.7 Å². The zero-order valence-corrected chi connectivity index (χ0v) is 19.1. The van der Waals surface area contributed by atoms with Gasteiger partial charge >= 0.3 is 0 Å². The zero-order valence-electron chi connectivity index (χ0n) is 16.7. The number of rotatable bonds is 8. The smallest absolute Gasteiger partial charge is 0.239 e. The predicted octanol–water partition coefficient (Wildman–Crippen LogP) is 4.02. The molecule has 0 saturated carbocycles. The van der Waals surface area contributed by atoms with Crippen LogP contribution in [-0.2, 0) is 22.6 Å². The molecule has 0 spiro atoms. The van der Waals surface area contributed by atoms with Gasteiger partial charge in [-0.1, -0.05) is 23.4 Å². The van der Waals surface area contributed by atoms with Crippen LogP contribution in [0.15, 0.2) is 34.8 Å². The number of anilines is 2. The molecule has 8 nitrogen and oxygen atoms in total. The van der Waals surface area contributed by atoms with E-state index in [9.17, 15) is 9.59 Å². The van der Waals surface area contributed by atoms with Crippen molar-refractivity contribution in [3.63, 3.8) is 0 Å². The van der Waals surface area contributed by atoms with E-state index in [0.29, 0.717) is 33.4 Å². The molecule has 2 amide bonds. The molecule has 2 N–H and O–H groups in total. The first-order valence-corrected chi connectivity index (χ1v) is 11.4. The van der Waals surface area contributed by atoms with Crippen molar-refractivity contribution in [2.24, 2.45) is 0 Å². The van der Waals surface area contributed by atoms with Gasteiger partial charge in [-0.05, 0) is 45.0 Å². The lowest BCUT2D eigenvalue weighted by molar-refractivity contribution is -0.116. The molecule has 0 radical (unpaired) electrons. The van der Waals surface area contributed by atoms with Gasteiger partial charge in [-0.15, -0.1) is 21.5 Å². The lowest BCUT2D eigenvalue weighted by Gasteiger charge is -2.11. The molecule has 30 heavy (non-hydrogen) atoms. The number of benzene rings is 1. The monoisotopic (exact) mass is 464 g/mol. The molecular formula is C19H21ClN6O2S2. The van der Waals surface area contributed by atoms with Crippen LogP contribution in [0.1, 0.15) is 25.4 Å². The fourth-order valence-electron chi connectivity index (χ4n) is 2.57. The van der Waals surface area contributed by atoms with Gasteiger partial charge in [-0.3, -0.25) is 9.59 Å². The predicted molar refractivity (Wildman–Crippen MR) is 120 cm³/mol. The van der Waals surface area contributed by atoms with Gasteiger partial charge in [0.25, 0.3) is 0 Å². The summed E-state index contributed by atoms with van der Waals surface area (Å²) in [5, 5.41) is 17.2. The van der Waals surface area contributed by atoms with Crippen molar-refractivity contribution in [1.29, 1.82) is 0 Å². The molecule has 0 aliphatic carbocycles. The highest BCUT2D eigenvalue weighted by atomic mass is 35.5. The van der Waals surface area contributed by atoms with Crippen LogP contribution in [0.5, 0.6) is 0 Å². The molecule has 158 valence electrons. The van der Waals surface area contributed by atoms with E-state index in [-0.39, 0.29) is 18.2 Å². The summed E-state index contributed by atoms with van der Waals surface area (Å²) in [4.78, 5) is 29.1. The van der Waals surface area contributed by atoms with Gasteiger partial charge in [0.15, 0.2) is 10.3 Å². The Hall–Kier alpha value is -2.43. The topological polar surface area (TPSA) is 102 Å². The highest BCUT2D eigenvalue weighted by molar-refractivity contribution is 8.00. The van der Waals surface area contributed by atoms with Crippen molar-refractivity contribution in [1.82, 2.24) is 19.7 Å². The Morgan fingerprint density at radius 1 is 1.23 bits per heavy atom. The number of nitrogens with one attached hydrogen (secondary N) is 2. The summed E-state index contributed by atoms with van der Waals surface area (Å²) >= 11 is 8.54. The Labute approximate surface area is 187 Å². The molecule has 0 saturated heterocycles. The summed E-state index contributed by atoms with van der Waals surface area (Å²) < 4.78 is 1.84. The van der Waals surface area contributed by atoms with Gasteiger partial charge in [-0.25, -0.2) is 4.98 Å². The third-order valence-electron chi connectivity index (χ3n) is 4.06. The van der Waals surface area contributed by atoms with Gasteiger partial charge in [0.2, 0.25) is 11.8 Å². The minimum atomic E-state index is -0.403. The van der Waals surface area contributed by atoms with Crippen LogP contribution in [0.3, 0.4) is 0 Å². The second-order valence-electron chi connectivity index (χ2n) is 6.42. The van der Waals surface area contributed by atoms with Gasteiger partial charge in [0.05, 0.1) is 17.4 Å². The quantitative estimate of drug-likeness (QED) is 0.488. The molecule has 0 unspecified atom stereocenters. The molecule has 0 fully saturated rings. The maximum Gasteiger partial charge on any atom is 0.239 e. The molecular weight excluding hydrogens is 444 g/mol. The second-order valence-corrected chi connectivity index (χ2v) is 9.02. The van der Waals surface area contributed by atoms with Crippen molar-refractivity contribution in [2.45, 2.75) is 44.1 Å². The molecule has 3 rings (SSSR count). The third kappa shape index (κ3) is 5.80. The van der Waals surface area contributed by atoms with Crippen molar-refractivity contribution in [3.8, 4) is 0 Å². The SMILES string of the molecule is CCn1c(CC(=O)Nc2ccc(Cl)cc2)nnc1S[C@H](C)C(=O)Nc1nc(C)cs1. The molecule has 2 heterocycles. The average molecular weight is 465 g/mol. The number of thioether (sulfide) groups is 1. The number of hydrogen-bond donors (Lipinski definition) is 2. The lowest BCUT2D eigenvalue weighted by atomic mass is 10.3. The molecule has 3 aromatic rings. The van der Waals surface area contributed by atoms with Crippen LogP contribution < -0.4 is 10.6 Å². The van der Waals surface area contributed by atoms with E-state index in [1.54, 1.807) is 31.2 Å². The number of aryl methyl sites for hydroxylation is 1. The largest absolute Gasteiger partial charge is 0.326 e. The maximum atomic E-state index is 12.4. The number of thiazole rings is 1. The van der Waals surface area contributed by atoms with Crippen LogP contribution in [0.25, 0.3) is 0 Å². The van der Waals surface area contributed by atoms with Gasteiger partial charge in [0, 0.05) is 22.6 Å². The van der Waals surface area contributed by atoms with Crippen LogP contribution in [0.4, 0.5) is 10.8 Å². The highest BCUT2D eigenvalue weighted by Gasteiger charge is 2.21. The van der Waals surface area contributed by atoms with Crippen LogP contribution in [0, 0.1) is 6.92 Å². The molecule has 0 aliphatic heterocycles. The zero-order chi connectivity index (χ0) is 21.7. The first-order valence-electron chi connectivity index (χ1n) is 9.23. The first kappa shape index (κ1) is 22.3. The fraction of sp³-hybridized carbons (Fsp3) is 0.316. The Kier molecular flexibility index (Phi) is 7.46. The Morgan fingerprint density at radius 3 is 2.60 bits per heavy atom. The van der Waals surface area contributed by atoms with E-state index in [1.807, 2.05) is 23.8 Å². The van der Waals surface area contributed by atoms with Crippen molar-refractivity contribution >= 4 is 57.3 Å². The van der Waals surface area contributed by atoms with Gasteiger partial charge in [0.1, 0.15) is 5.82 Å². The molecule has 2 aromatic heterocycles. The molecule has 1 atom stereocenters. The first-order chi connectivity index (χ1) is 14.4. The number of nitrogens with zero attached hydrogens (tertiary/aromatic N) is 4. The second kappa shape index (κ2) is 10.1. The molecule has 0 aliphatic rings. The van der Waals surface area contributed by atoms with Crippen LogP contribution in [0.2, 0.25) is 5.02 Å². The average Bonchev–Trinajstić information content (AvgIpc) is 3.28. The summed E-state index contributed by atoms with van der Waals surface area (Å²) in [7, 11) is 0. The van der Waals surface area contributed by atoms with Crippen molar-refractivity contribution in [3.05, 3.63) is 46.2 Å². The van der Waals surface area contributed by atoms with Crippen molar-refractivity contribution in [2.75, 3.05) is 10.6 Å². The van der Waals surface area contributed by atoms with E-state index in [0.717, 1.165) is 5.69 Å². The summed E-state index contributed by atoms with van der Waals surface area (Å²) in [6, 6.07) is 6.88. The minimum absolute atomic E-state index is 0.0724. The number of aromatic nitrogens is 4. The maximum absolute atomic E-state index is 12.4. The summed E-state index contributed by atoms with van der Waals surface area (Å²) in [6.45, 7) is 6.19. The normalized spacial score (nSPS) is 11.9. The Bertz CT molecular complexity index is 1030. The van der Waals surface area contributed by atoms with E-state index < -0.39 is 5.25 Å². The number of halogens is 1. The number of hydrogen-bond acceptors (Lipinski definition) is 7. The number of carbonyl (C=O) groups is 2. The van der Waals surface area contributed by atoms with Crippen LogP contribution in [-0.4, -0.2) is 36.8 Å². The van der Waals surface area contributed by atoms with Crippen molar-refractivity contribution < 1.29 is 9.59 Å². The van der Waals surface area contributed by atoms with E-state index >= 15 is 0 Å². The molecule has 1 aromatic carbocycles. The highest BCUT2D eigenvalue weighted by Crippen LogP contribution is 2.24. The lowest BCUT2D eigenvalue weighted by Crippen LogP contribution is -2.23. The molecule has 11 heteroatoms.